The van der Waals surface area contributed by atoms with Crippen LogP contribution in [0.5, 0.6) is 11.5 Å². The normalized spacial score (nSPS) is 15.9. The number of nitrogens with one attached hydrogen (secondary N) is 1. The molecule has 186 valence electrons. The SMILES string of the molecule is CN1CCCC1CCCC(=O)c1cc(Oc2ccc3c(c2)nc(Nc2ccccc2F)n3C)ccn1. The van der Waals surface area contributed by atoms with Crippen molar-refractivity contribution in [2.45, 2.75) is 38.1 Å². The van der Waals surface area contributed by atoms with Gasteiger partial charge >= 0.3 is 0 Å². The van der Waals surface area contributed by atoms with Crippen LogP contribution in [0, 0.1) is 5.82 Å². The number of likely N-dealkylation sites (tertiary alicyclic amines) is 1. The highest BCUT2D eigenvalue weighted by atomic mass is 19.1. The minimum atomic E-state index is -0.345. The maximum absolute atomic E-state index is 14.1. The molecule has 1 aliphatic heterocycles. The van der Waals surface area contributed by atoms with E-state index in [1.54, 1.807) is 36.5 Å². The number of ether oxygens (including phenoxy) is 1. The van der Waals surface area contributed by atoms with E-state index in [0.717, 1.165) is 24.9 Å². The molecule has 0 aliphatic carbocycles. The summed E-state index contributed by atoms with van der Waals surface area (Å²) in [6, 6.07) is 16.1. The van der Waals surface area contributed by atoms with Crippen LogP contribution in [0.3, 0.4) is 0 Å². The van der Waals surface area contributed by atoms with Crippen LogP contribution in [-0.4, -0.2) is 44.9 Å². The van der Waals surface area contributed by atoms with Crippen LogP contribution >= 0.6 is 0 Å². The summed E-state index contributed by atoms with van der Waals surface area (Å²) in [5.74, 6) is 1.34. The average molecular weight is 488 g/mol. The molecule has 36 heavy (non-hydrogen) atoms. The first-order valence-electron chi connectivity index (χ1n) is 12.3. The van der Waals surface area contributed by atoms with Gasteiger partial charge in [0.05, 0.1) is 16.7 Å². The molecule has 2 aromatic heterocycles. The van der Waals surface area contributed by atoms with Crippen LogP contribution in [-0.2, 0) is 7.05 Å². The third-order valence-electron chi connectivity index (χ3n) is 6.84. The summed E-state index contributed by atoms with van der Waals surface area (Å²) in [7, 11) is 4.02. The predicted octanol–water partition coefficient (Wildman–Crippen LogP) is 6.09. The number of fused-ring (bicyclic) bond motifs is 1. The zero-order valence-electron chi connectivity index (χ0n) is 20.6. The summed E-state index contributed by atoms with van der Waals surface area (Å²) in [5.41, 5.74) is 2.36. The van der Waals surface area contributed by atoms with E-state index in [9.17, 15) is 9.18 Å². The van der Waals surface area contributed by atoms with Gasteiger partial charge in [0.1, 0.15) is 23.0 Å². The summed E-state index contributed by atoms with van der Waals surface area (Å²) >= 11 is 0. The summed E-state index contributed by atoms with van der Waals surface area (Å²) in [4.78, 5) is 24.0. The van der Waals surface area contributed by atoms with E-state index >= 15 is 0 Å². The standard InChI is InChI=1S/C28H30FN5O2/c1-33-16-6-8-19(33)7-5-11-27(35)25-18-21(14-15-30-25)36-20-12-13-26-24(17-20)32-28(34(26)2)31-23-10-4-3-9-22(23)29/h3-4,9-10,12-15,17-19H,5-8,11,16H2,1-2H3,(H,31,32). The van der Waals surface area contributed by atoms with Crippen molar-refractivity contribution in [3.8, 4) is 11.5 Å². The number of halogens is 1. The second-order valence-electron chi connectivity index (χ2n) is 9.32. The Morgan fingerprint density at radius 3 is 2.78 bits per heavy atom. The maximum Gasteiger partial charge on any atom is 0.208 e. The maximum atomic E-state index is 14.1. The number of hydrogen-bond donors (Lipinski definition) is 1. The summed E-state index contributed by atoms with van der Waals surface area (Å²) in [5, 5.41) is 3.04. The van der Waals surface area contributed by atoms with Gasteiger partial charge in [0, 0.05) is 37.8 Å². The van der Waals surface area contributed by atoms with Gasteiger partial charge in [0.15, 0.2) is 5.78 Å². The molecular weight excluding hydrogens is 457 g/mol. The van der Waals surface area contributed by atoms with Crippen LogP contribution in [0.25, 0.3) is 11.0 Å². The van der Waals surface area contributed by atoms with E-state index in [-0.39, 0.29) is 11.6 Å². The second-order valence-corrected chi connectivity index (χ2v) is 9.32. The zero-order valence-corrected chi connectivity index (χ0v) is 20.6. The van der Waals surface area contributed by atoms with Gasteiger partial charge in [-0.3, -0.25) is 9.78 Å². The number of ketones is 1. The van der Waals surface area contributed by atoms with E-state index in [0.29, 0.717) is 46.8 Å². The number of Topliss-reactive ketones (excluding diaryl/α,β-unsaturated/α-hetero) is 1. The molecule has 8 heteroatoms. The van der Waals surface area contributed by atoms with Crippen LogP contribution in [0.4, 0.5) is 16.0 Å². The van der Waals surface area contributed by atoms with Gasteiger partial charge in [-0.15, -0.1) is 0 Å². The lowest BCUT2D eigenvalue weighted by molar-refractivity contribution is 0.0971. The number of imidazole rings is 1. The number of aromatic nitrogens is 3. The molecule has 0 spiro atoms. The van der Waals surface area contributed by atoms with Crippen molar-refractivity contribution in [1.29, 1.82) is 0 Å². The molecule has 1 aliphatic rings. The highest BCUT2D eigenvalue weighted by Crippen LogP contribution is 2.29. The number of aryl methyl sites for hydroxylation is 1. The van der Waals surface area contributed by atoms with Crippen molar-refractivity contribution in [2.75, 3.05) is 18.9 Å². The minimum absolute atomic E-state index is 0.0325. The van der Waals surface area contributed by atoms with Crippen molar-refractivity contribution in [3.05, 3.63) is 72.3 Å². The molecule has 0 radical (unpaired) electrons. The number of benzene rings is 2. The van der Waals surface area contributed by atoms with Gasteiger partial charge in [0.25, 0.3) is 0 Å². The molecule has 0 amide bonds. The largest absolute Gasteiger partial charge is 0.457 e. The molecule has 1 fully saturated rings. The fourth-order valence-corrected chi connectivity index (χ4v) is 4.77. The lowest BCUT2D eigenvalue weighted by Crippen LogP contribution is -2.24. The lowest BCUT2D eigenvalue weighted by Gasteiger charge is -2.18. The minimum Gasteiger partial charge on any atom is -0.457 e. The Bertz CT molecular complexity index is 1390. The van der Waals surface area contributed by atoms with Gasteiger partial charge < -0.3 is 19.5 Å². The second kappa shape index (κ2) is 10.5. The smallest absolute Gasteiger partial charge is 0.208 e. The molecule has 2 aromatic carbocycles. The Morgan fingerprint density at radius 2 is 1.97 bits per heavy atom. The fourth-order valence-electron chi connectivity index (χ4n) is 4.77. The van der Waals surface area contributed by atoms with Crippen LogP contribution in [0.2, 0.25) is 0 Å². The molecule has 3 heterocycles. The fraction of sp³-hybridized carbons (Fsp3) is 0.321. The van der Waals surface area contributed by atoms with Crippen molar-refractivity contribution in [1.82, 2.24) is 19.4 Å². The molecule has 1 atom stereocenters. The Morgan fingerprint density at radius 1 is 1.14 bits per heavy atom. The number of rotatable bonds is 9. The summed E-state index contributed by atoms with van der Waals surface area (Å²) in [6.45, 7) is 1.15. The molecule has 1 unspecified atom stereocenters. The number of carbonyl (C=O) groups is 1. The molecule has 7 nitrogen and oxygen atoms in total. The van der Waals surface area contributed by atoms with E-state index in [1.807, 2.05) is 29.8 Å². The average Bonchev–Trinajstić information content (AvgIpc) is 3.42. The number of nitrogens with zero attached hydrogens (tertiary/aromatic N) is 4. The van der Waals surface area contributed by atoms with Gasteiger partial charge in [-0.25, -0.2) is 9.37 Å². The topological polar surface area (TPSA) is 72.3 Å². The van der Waals surface area contributed by atoms with E-state index in [1.165, 1.54) is 18.9 Å². The number of pyridine rings is 1. The highest BCUT2D eigenvalue weighted by Gasteiger charge is 2.21. The van der Waals surface area contributed by atoms with Crippen LogP contribution in [0.1, 0.15) is 42.6 Å². The first kappa shape index (κ1) is 23.9. The summed E-state index contributed by atoms with van der Waals surface area (Å²) < 4.78 is 22.0. The molecule has 1 saturated heterocycles. The quantitative estimate of drug-likeness (QED) is 0.288. The molecule has 5 rings (SSSR count). The Kier molecular flexibility index (Phi) is 6.95. The van der Waals surface area contributed by atoms with E-state index in [4.69, 9.17) is 4.74 Å². The first-order chi connectivity index (χ1) is 17.5. The molecule has 0 saturated carbocycles. The monoisotopic (exact) mass is 487 g/mol. The molecule has 1 N–H and O–H groups in total. The summed E-state index contributed by atoms with van der Waals surface area (Å²) in [6.07, 6.45) is 6.44. The number of anilines is 2. The first-order valence-corrected chi connectivity index (χ1v) is 12.3. The Labute approximate surface area is 209 Å². The van der Waals surface area contributed by atoms with Crippen molar-refractivity contribution >= 4 is 28.5 Å². The van der Waals surface area contributed by atoms with Crippen LogP contribution < -0.4 is 10.1 Å². The van der Waals surface area contributed by atoms with Crippen molar-refractivity contribution in [2.24, 2.45) is 7.05 Å². The van der Waals surface area contributed by atoms with Gasteiger partial charge in [0.2, 0.25) is 5.95 Å². The molecular formula is C28H30FN5O2. The molecule has 0 bridgehead atoms. The number of hydrogen-bond acceptors (Lipinski definition) is 6. The third kappa shape index (κ3) is 5.23. The van der Waals surface area contributed by atoms with Crippen molar-refractivity contribution < 1.29 is 13.9 Å². The predicted molar refractivity (Wildman–Crippen MR) is 139 cm³/mol. The lowest BCUT2D eigenvalue weighted by atomic mass is 10.0. The molecule has 4 aromatic rings. The zero-order chi connectivity index (χ0) is 25.1. The van der Waals surface area contributed by atoms with Crippen LogP contribution in [0.15, 0.2) is 60.8 Å². The number of para-hydroxylation sites is 1. The van der Waals surface area contributed by atoms with Gasteiger partial charge in [-0.05, 0) is 69.6 Å². The number of carbonyl (C=O) groups excluding carboxylic acids is 1. The Hall–Kier alpha value is -3.78. The van der Waals surface area contributed by atoms with Gasteiger partial charge in [-0.1, -0.05) is 12.1 Å². The van der Waals surface area contributed by atoms with E-state index < -0.39 is 0 Å². The Balaban J connectivity index is 1.25. The van der Waals surface area contributed by atoms with Gasteiger partial charge in [-0.2, -0.15) is 0 Å². The van der Waals surface area contributed by atoms with E-state index in [2.05, 4.69) is 27.2 Å². The highest BCUT2D eigenvalue weighted by molar-refractivity contribution is 5.94. The third-order valence-corrected chi connectivity index (χ3v) is 6.84. The van der Waals surface area contributed by atoms with Crippen molar-refractivity contribution in [3.63, 3.8) is 0 Å².